The largest absolute Gasteiger partial charge is 0.496 e. The Morgan fingerprint density at radius 1 is 0.812 bits per heavy atom. The van der Waals surface area contributed by atoms with E-state index in [9.17, 15) is 9.18 Å². The second kappa shape index (κ2) is 9.73. The summed E-state index contributed by atoms with van der Waals surface area (Å²) in [6.07, 6.45) is 0. The first-order valence-electron chi connectivity index (χ1n) is 10.1. The van der Waals surface area contributed by atoms with Gasteiger partial charge in [0.2, 0.25) is 5.75 Å². The van der Waals surface area contributed by atoms with Gasteiger partial charge in [-0.3, -0.25) is 4.79 Å². The highest BCUT2D eigenvalue weighted by atomic mass is 19.1. The predicted molar refractivity (Wildman–Crippen MR) is 121 cm³/mol. The van der Waals surface area contributed by atoms with Crippen LogP contribution in [0.15, 0.2) is 42.5 Å². The van der Waals surface area contributed by atoms with E-state index >= 15 is 0 Å². The lowest BCUT2D eigenvalue weighted by atomic mass is 9.91. The fraction of sp³-hybridized carbons (Fsp3) is 0.269. The van der Waals surface area contributed by atoms with Gasteiger partial charge in [0.05, 0.1) is 26.9 Å². The third-order valence-corrected chi connectivity index (χ3v) is 5.45. The van der Waals surface area contributed by atoms with E-state index in [2.05, 4.69) is 0 Å². The van der Waals surface area contributed by atoms with Gasteiger partial charge in [-0.1, -0.05) is 24.3 Å². The highest BCUT2D eigenvalue weighted by Gasteiger charge is 2.28. The first-order valence-corrected chi connectivity index (χ1v) is 10.1. The third kappa shape index (κ3) is 4.26. The van der Waals surface area contributed by atoms with E-state index < -0.39 is 5.82 Å². The molecule has 0 radical (unpaired) electrons. The van der Waals surface area contributed by atoms with Crippen LogP contribution in [0.4, 0.5) is 4.39 Å². The topological polar surface area (TPSA) is 54.0 Å². The highest BCUT2D eigenvalue weighted by Crippen LogP contribution is 2.44. The van der Waals surface area contributed by atoms with Crippen LogP contribution in [0.25, 0.3) is 0 Å². The normalized spacial score (nSPS) is 10.6. The molecule has 0 N–H and O–H groups in total. The lowest BCUT2D eigenvalue weighted by Gasteiger charge is -2.21. The van der Waals surface area contributed by atoms with Gasteiger partial charge in [-0.05, 0) is 50.1 Å². The van der Waals surface area contributed by atoms with Crippen LogP contribution in [0.2, 0.25) is 0 Å². The van der Waals surface area contributed by atoms with Crippen molar-refractivity contribution in [3.8, 4) is 23.0 Å². The van der Waals surface area contributed by atoms with Crippen LogP contribution in [-0.4, -0.2) is 27.1 Å². The number of carbonyl (C=O) groups is 1. The maximum absolute atomic E-state index is 14.2. The van der Waals surface area contributed by atoms with E-state index in [4.69, 9.17) is 18.9 Å². The van der Waals surface area contributed by atoms with Gasteiger partial charge in [-0.15, -0.1) is 0 Å². The molecule has 0 atom stereocenters. The fourth-order valence-electron chi connectivity index (χ4n) is 3.79. The zero-order valence-electron chi connectivity index (χ0n) is 19.2. The summed E-state index contributed by atoms with van der Waals surface area (Å²) < 4.78 is 36.6. The van der Waals surface area contributed by atoms with Gasteiger partial charge in [-0.25, -0.2) is 4.39 Å². The maximum Gasteiger partial charge on any atom is 0.204 e. The van der Waals surface area contributed by atoms with Gasteiger partial charge in [0.25, 0.3) is 0 Å². The zero-order valence-corrected chi connectivity index (χ0v) is 19.2. The number of halogens is 1. The number of aryl methyl sites for hydroxylation is 2. The summed E-state index contributed by atoms with van der Waals surface area (Å²) in [5.74, 6) is 0.893. The van der Waals surface area contributed by atoms with Crippen LogP contribution >= 0.6 is 0 Å². The minimum Gasteiger partial charge on any atom is -0.496 e. The van der Waals surface area contributed by atoms with Crippen LogP contribution in [-0.2, 0) is 6.61 Å². The van der Waals surface area contributed by atoms with E-state index in [-0.39, 0.29) is 23.9 Å². The molecule has 3 aromatic carbocycles. The Kier molecular flexibility index (Phi) is 7.03. The minimum atomic E-state index is -0.390. The molecule has 0 aliphatic heterocycles. The molecule has 0 aliphatic carbocycles. The van der Waals surface area contributed by atoms with Crippen molar-refractivity contribution in [1.82, 2.24) is 0 Å². The summed E-state index contributed by atoms with van der Waals surface area (Å²) in [6.45, 7) is 5.44. The van der Waals surface area contributed by atoms with E-state index in [1.807, 2.05) is 26.0 Å². The molecule has 3 rings (SSSR count). The third-order valence-electron chi connectivity index (χ3n) is 5.45. The van der Waals surface area contributed by atoms with Crippen LogP contribution in [0, 0.1) is 26.6 Å². The number of hydrogen-bond donors (Lipinski definition) is 0. The van der Waals surface area contributed by atoms with Crippen LogP contribution in [0.5, 0.6) is 23.0 Å². The molecule has 0 bridgehead atoms. The SMILES string of the molecule is COc1ccc(C)c(C(=O)c2c(C)cc(OC)c(OC)c2OCc2ccccc2F)c1C. The molecule has 168 valence electrons. The monoisotopic (exact) mass is 438 g/mol. The number of ketones is 1. The quantitative estimate of drug-likeness (QED) is 0.429. The van der Waals surface area contributed by atoms with Crippen LogP contribution in [0.1, 0.15) is 38.2 Å². The van der Waals surface area contributed by atoms with Gasteiger partial charge < -0.3 is 18.9 Å². The standard InChI is InChI=1S/C26H27FO5/c1-15-11-12-20(29-4)17(3)22(15)24(28)23-16(2)13-21(30-5)25(31-6)26(23)32-14-18-9-7-8-10-19(18)27/h7-13H,14H2,1-6H3. The van der Waals surface area contributed by atoms with Gasteiger partial charge in [0, 0.05) is 16.7 Å². The molecule has 5 nitrogen and oxygen atoms in total. The Bertz CT molecular complexity index is 1150. The van der Waals surface area contributed by atoms with Gasteiger partial charge in [0.15, 0.2) is 17.3 Å². The lowest BCUT2D eigenvalue weighted by Crippen LogP contribution is -2.13. The predicted octanol–water partition coefficient (Wildman–Crippen LogP) is 5.59. The Labute approximate surface area is 187 Å². The summed E-state index contributed by atoms with van der Waals surface area (Å²) in [7, 11) is 4.55. The molecule has 0 fully saturated rings. The van der Waals surface area contributed by atoms with Crippen molar-refractivity contribution in [2.24, 2.45) is 0 Å². The number of benzene rings is 3. The van der Waals surface area contributed by atoms with Gasteiger partial charge in [-0.2, -0.15) is 0 Å². The molecule has 0 saturated heterocycles. The number of carbonyl (C=O) groups excluding carboxylic acids is 1. The van der Waals surface area contributed by atoms with Crippen LogP contribution < -0.4 is 18.9 Å². The van der Waals surface area contributed by atoms with E-state index in [1.165, 1.54) is 20.3 Å². The molecule has 0 heterocycles. The highest BCUT2D eigenvalue weighted by molar-refractivity contribution is 6.14. The van der Waals surface area contributed by atoms with E-state index in [0.717, 1.165) is 11.1 Å². The summed E-state index contributed by atoms with van der Waals surface area (Å²) in [5, 5.41) is 0. The molecule has 0 aliphatic rings. The minimum absolute atomic E-state index is 0.0774. The van der Waals surface area contributed by atoms with E-state index in [1.54, 1.807) is 38.3 Å². The van der Waals surface area contributed by atoms with E-state index in [0.29, 0.717) is 33.8 Å². The Hall–Kier alpha value is -3.54. The van der Waals surface area contributed by atoms with Crippen molar-refractivity contribution < 1.29 is 28.1 Å². The molecule has 6 heteroatoms. The molecule has 0 amide bonds. The average Bonchev–Trinajstić information content (AvgIpc) is 2.78. The zero-order chi connectivity index (χ0) is 23.4. The Morgan fingerprint density at radius 3 is 2.12 bits per heavy atom. The summed E-state index contributed by atoms with van der Waals surface area (Å²) in [4.78, 5) is 13.8. The first-order chi connectivity index (χ1) is 15.3. The number of methoxy groups -OCH3 is 3. The van der Waals surface area contributed by atoms with Gasteiger partial charge >= 0.3 is 0 Å². The summed E-state index contributed by atoms with van der Waals surface area (Å²) in [5.41, 5.74) is 3.41. The molecule has 3 aromatic rings. The molecular weight excluding hydrogens is 411 g/mol. The number of hydrogen-bond acceptors (Lipinski definition) is 5. The number of ether oxygens (including phenoxy) is 4. The van der Waals surface area contributed by atoms with Crippen molar-refractivity contribution >= 4 is 5.78 Å². The average molecular weight is 438 g/mol. The van der Waals surface area contributed by atoms with Gasteiger partial charge in [0.1, 0.15) is 18.2 Å². The molecule has 0 unspecified atom stereocenters. The van der Waals surface area contributed by atoms with Crippen molar-refractivity contribution in [3.05, 3.63) is 81.7 Å². The lowest BCUT2D eigenvalue weighted by molar-refractivity contribution is 0.103. The fourth-order valence-corrected chi connectivity index (χ4v) is 3.79. The summed E-state index contributed by atoms with van der Waals surface area (Å²) in [6, 6.07) is 11.7. The second-order valence-corrected chi connectivity index (χ2v) is 7.43. The first kappa shape index (κ1) is 23.1. The second-order valence-electron chi connectivity index (χ2n) is 7.43. The van der Waals surface area contributed by atoms with Crippen LogP contribution in [0.3, 0.4) is 0 Å². The number of rotatable bonds is 8. The molecular formula is C26H27FO5. The maximum atomic E-state index is 14.2. The molecule has 0 saturated carbocycles. The molecule has 0 spiro atoms. The van der Waals surface area contributed by atoms with Crippen molar-refractivity contribution in [2.45, 2.75) is 27.4 Å². The Morgan fingerprint density at radius 2 is 1.50 bits per heavy atom. The molecule has 32 heavy (non-hydrogen) atoms. The smallest absolute Gasteiger partial charge is 0.204 e. The van der Waals surface area contributed by atoms with Crippen molar-refractivity contribution in [1.29, 1.82) is 0 Å². The Balaban J connectivity index is 2.19. The molecule has 0 aromatic heterocycles. The summed E-state index contributed by atoms with van der Waals surface area (Å²) >= 11 is 0. The van der Waals surface area contributed by atoms with Crippen molar-refractivity contribution in [2.75, 3.05) is 21.3 Å². The van der Waals surface area contributed by atoms with Crippen molar-refractivity contribution in [3.63, 3.8) is 0 Å².